The van der Waals surface area contributed by atoms with Crippen molar-refractivity contribution in [2.75, 3.05) is 26.7 Å². The summed E-state index contributed by atoms with van der Waals surface area (Å²) >= 11 is 0. The van der Waals surface area contributed by atoms with Gasteiger partial charge in [0.1, 0.15) is 17.6 Å². The number of ether oxygens (including phenoxy) is 2. The Morgan fingerprint density at radius 3 is 3.14 bits per heavy atom. The molecule has 0 saturated carbocycles. The number of methoxy groups -OCH3 is 1. The third kappa shape index (κ3) is 2.97. The van der Waals surface area contributed by atoms with Crippen molar-refractivity contribution < 1.29 is 14.3 Å². The van der Waals surface area contributed by atoms with Gasteiger partial charge in [-0.05, 0) is 24.6 Å². The largest absolute Gasteiger partial charge is 0.497 e. The van der Waals surface area contributed by atoms with Crippen molar-refractivity contribution in [3.8, 4) is 11.5 Å². The molecule has 109 valence electrons. The Kier molecular flexibility index (Phi) is 4.01. The normalized spacial score (nSPS) is 18.8. The van der Waals surface area contributed by atoms with E-state index in [0.717, 1.165) is 41.9 Å². The Morgan fingerprint density at radius 2 is 2.33 bits per heavy atom. The SMILES string of the molecule is COc1ccc2c(O[C@H]3CCN(C[C]=O)C3)ccnc2c1. The zero-order valence-electron chi connectivity index (χ0n) is 11.9. The minimum absolute atomic E-state index is 0.103. The number of hydrogen-bond donors (Lipinski definition) is 0. The van der Waals surface area contributed by atoms with E-state index in [1.54, 1.807) is 13.3 Å². The summed E-state index contributed by atoms with van der Waals surface area (Å²) in [5.41, 5.74) is 0.850. The van der Waals surface area contributed by atoms with E-state index in [-0.39, 0.29) is 6.10 Å². The van der Waals surface area contributed by atoms with Crippen LogP contribution in [-0.2, 0) is 4.79 Å². The highest BCUT2D eigenvalue weighted by molar-refractivity contribution is 5.85. The van der Waals surface area contributed by atoms with Gasteiger partial charge >= 0.3 is 0 Å². The molecule has 2 aromatic rings. The topological polar surface area (TPSA) is 51.7 Å². The molecular weight excluding hydrogens is 268 g/mol. The summed E-state index contributed by atoms with van der Waals surface area (Å²) in [6.45, 7) is 1.99. The highest BCUT2D eigenvalue weighted by Crippen LogP contribution is 2.29. The highest BCUT2D eigenvalue weighted by Gasteiger charge is 2.24. The first kappa shape index (κ1) is 13.8. The fourth-order valence-electron chi connectivity index (χ4n) is 2.64. The molecule has 0 unspecified atom stereocenters. The molecule has 1 saturated heterocycles. The first-order valence-electron chi connectivity index (χ1n) is 6.97. The minimum Gasteiger partial charge on any atom is -0.497 e. The van der Waals surface area contributed by atoms with Gasteiger partial charge in [-0.15, -0.1) is 0 Å². The summed E-state index contributed by atoms with van der Waals surface area (Å²) in [6, 6.07) is 7.63. The second kappa shape index (κ2) is 6.10. The van der Waals surface area contributed by atoms with Gasteiger partial charge in [0.15, 0.2) is 0 Å². The molecule has 0 amide bonds. The number of carbonyl (C=O) groups excluding carboxylic acids is 1. The van der Waals surface area contributed by atoms with Crippen LogP contribution in [0, 0.1) is 0 Å². The first-order chi connectivity index (χ1) is 10.3. The molecule has 5 nitrogen and oxygen atoms in total. The highest BCUT2D eigenvalue weighted by atomic mass is 16.5. The summed E-state index contributed by atoms with van der Waals surface area (Å²) in [4.78, 5) is 16.8. The van der Waals surface area contributed by atoms with Crippen LogP contribution in [0.25, 0.3) is 10.9 Å². The van der Waals surface area contributed by atoms with Gasteiger partial charge in [-0.1, -0.05) is 0 Å². The van der Waals surface area contributed by atoms with E-state index in [2.05, 4.69) is 4.98 Å². The van der Waals surface area contributed by atoms with Gasteiger partial charge in [0.05, 0.1) is 19.2 Å². The van der Waals surface area contributed by atoms with Crippen molar-refractivity contribution in [2.45, 2.75) is 12.5 Å². The van der Waals surface area contributed by atoms with Crippen molar-refractivity contribution in [3.05, 3.63) is 30.5 Å². The number of aromatic nitrogens is 1. The van der Waals surface area contributed by atoms with E-state index in [1.807, 2.05) is 35.5 Å². The molecule has 1 aliphatic rings. The van der Waals surface area contributed by atoms with Gasteiger partial charge in [-0.25, -0.2) is 0 Å². The third-order valence-corrected chi connectivity index (χ3v) is 3.72. The molecule has 3 rings (SSSR count). The molecule has 1 aromatic heterocycles. The van der Waals surface area contributed by atoms with E-state index in [1.165, 1.54) is 0 Å². The number of hydrogen-bond acceptors (Lipinski definition) is 5. The monoisotopic (exact) mass is 285 g/mol. The lowest BCUT2D eigenvalue weighted by molar-refractivity contribution is 0.207. The average molecular weight is 285 g/mol. The molecule has 1 aliphatic heterocycles. The van der Waals surface area contributed by atoms with Crippen molar-refractivity contribution >= 4 is 17.2 Å². The number of benzene rings is 1. The average Bonchev–Trinajstić information content (AvgIpc) is 2.94. The number of pyridine rings is 1. The molecule has 1 fully saturated rings. The molecule has 21 heavy (non-hydrogen) atoms. The van der Waals surface area contributed by atoms with Crippen LogP contribution in [0.15, 0.2) is 30.5 Å². The van der Waals surface area contributed by atoms with Crippen LogP contribution >= 0.6 is 0 Å². The van der Waals surface area contributed by atoms with Crippen molar-refractivity contribution in [1.82, 2.24) is 9.88 Å². The fourth-order valence-corrected chi connectivity index (χ4v) is 2.64. The van der Waals surface area contributed by atoms with Gasteiger partial charge < -0.3 is 9.47 Å². The fraction of sp³-hybridized carbons (Fsp3) is 0.375. The van der Waals surface area contributed by atoms with Gasteiger partial charge in [-0.3, -0.25) is 14.7 Å². The van der Waals surface area contributed by atoms with E-state index in [0.29, 0.717) is 6.54 Å². The summed E-state index contributed by atoms with van der Waals surface area (Å²) < 4.78 is 11.3. The van der Waals surface area contributed by atoms with Crippen LogP contribution in [0.1, 0.15) is 6.42 Å². The second-order valence-electron chi connectivity index (χ2n) is 5.10. The number of fused-ring (bicyclic) bond motifs is 1. The molecule has 1 radical (unpaired) electrons. The third-order valence-electron chi connectivity index (χ3n) is 3.72. The summed E-state index contributed by atoms with van der Waals surface area (Å²) in [7, 11) is 1.64. The Balaban J connectivity index is 1.79. The number of nitrogens with zero attached hydrogens (tertiary/aromatic N) is 2. The molecule has 0 N–H and O–H groups in total. The predicted molar refractivity (Wildman–Crippen MR) is 79.5 cm³/mol. The van der Waals surface area contributed by atoms with Crippen LogP contribution in [0.3, 0.4) is 0 Å². The van der Waals surface area contributed by atoms with Crippen LogP contribution in [0.2, 0.25) is 0 Å². The molecular formula is C16H17N2O3. The summed E-state index contributed by atoms with van der Waals surface area (Å²) in [5, 5.41) is 0.971. The predicted octanol–water partition coefficient (Wildman–Crippen LogP) is 1.81. The lowest BCUT2D eigenvalue weighted by Crippen LogP contribution is -2.26. The lowest BCUT2D eigenvalue weighted by atomic mass is 10.2. The van der Waals surface area contributed by atoms with Gasteiger partial charge in [-0.2, -0.15) is 0 Å². The molecule has 5 heteroatoms. The first-order valence-corrected chi connectivity index (χ1v) is 6.97. The van der Waals surface area contributed by atoms with E-state index in [9.17, 15) is 4.79 Å². The standard InChI is InChI=1S/C16H17N2O3/c1-20-12-2-3-14-15(10-12)17-6-4-16(14)21-13-5-7-18(11-13)8-9-19/h2-4,6,10,13H,5,7-8,11H2,1H3/t13-/m0/s1. The molecule has 0 bridgehead atoms. The molecule has 1 atom stereocenters. The maximum Gasteiger partial charge on any atom is 0.213 e. The Labute approximate surface area is 123 Å². The zero-order chi connectivity index (χ0) is 14.7. The molecule has 1 aromatic carbocycles. The van der Waals surface area contributed by atoms with Gasteiger partial charge in [0.25, 0.3) is 0 Å². The van der Waals surface area contributed by atoms with E-state index >= 15 is 0 Å². The lowest BCUT2D eigenvalue weighted by Gasteiger charge is -2.16. The summed E-state index contributed by atoms with van der Waals surface area (Å²) in [5.74, 6) is 1.60. The maximum absolute atomic E-state index is 10.4. The Hall–Kier alpha value is -2.14. The minimum atomic E-state index is 0.103. The zero-order valence-corrected chi connectivity index (χ0v) is 11.9. The maximum atomic E-state index is 10.4. The van der Waals surface area contributed by atoms with E-state index < -0.39 is 0 Å². The van der Waals surface area contributed by atoms with Crippen LogP contribution in [0.5, 0.6) is 11.5 Å². The Morgan fingerprint density at radius 1 is 1.43 bits per heavy atom. The van der Waals surface area contributed by atoms with Gasteiger partial charge in [0, 0.05) is 30.7 Å². The van der Waals surface area contributed by atoms with Crippen molar-refractivity contribution in [3.63, 3.8) is 0 Å². The van der Waals surface area contributed by atoms with Gasteiger partial charge in [0.2, 0.25) is 6.29 Å². The molecule has 0 aliphatic carbocycles. The Bertz CT molecular complexity index is 644. The second-order valence-corrected chi connectivity index (χ2v) is 5.10. The van der Waals surface area contributed by atoms with Crippen molar-refractivity contribution in [1.29, 1.82) is 0 Å². The molecule has 2 heterocycles. The summed E-state index contributed by atoms with van der Waals surface area (Å²) in [6.07, 6.45) is 4.69. The van der Waals surface area contributed by atoms with Crippen LogP contribution in [0.4, 0.5) is 0 Å². The van der Waals surface area contributed by atoms with Crippen LogP contribution in [-0.4, -0.2) is 49.0 Å². The number of rotatable bonds is 5. The number of likely N-dealkylation sites (tertiary alicyclic amines) is 1. The van der Waals surface area contributed by atoms with Crippen molar-refractivity contribution in [2.24, 2.45) is 0 Å². The quantitative estimate of drug-likeness (QED) is 0.838. The van der Waals surface area contributed by atoms with E-state index in [4.69, 9.17) is 9.47 Å². The van der Waals surface area contributed by atoms with Crippen LogP contribution < -0.4 is 9.47 Å². The molecule has 0 spiro atoms. The smallest absolute Gasteiger partial charge is 0.213 e.